The van der Waals surface area contributed by atoms with E-state index in [1.165, 1.54) is 13.1 Å². The summed E-state index contributed by atoms with van der Waals surface area (Å²) in [5.41, 5.74) is 48.6. The molecule has 105 heavy (non-hydrogen) atoms. The van der Waals surface area contributed by atoms with E-state index < -0.39 is 119 Å². The average molecular weight is 1460 g/mol. The highest BCUT2D eigenvalue weighted by molar-refractivity contribution is 5.98. The number of hydrogen-bond donors (Lipinski definition) is 16. The second kappa shape index (κ2) is 50.2. The van der Waals surface area contributed by atoms with E-state index in [-0.39, 0.29) is 133 Å². The van der Waals surface area contributed by atoms with Crippen LogP contribution in [0.2, 0.25) is 0 Å². The lowest BCUT2D eigenvalue weighted by molar-refractivity contribution is -0.143. The van der Waals surface area contributed by atoms with Crippen LogP contribution in [-0.4, -0.2) is 162 Å². The first-order valence-electron chi connectivity index (χ1n) is 36.6. The van der Waals surface area contributed by atoms with E-state index in [1.54, 1.807) is 18.3 Å². The topological polar surface area (TPSA) is 552 Å². The number of nitrogens with one attached hydrogen (secondary N) is 6. The normalized spacial score (nSPS) is 14.3. The molecule has 4 aromatic rings. The number of aromatic amines is 1. The highest BCUT2D eigenvalue weighted by Gasteiger charge is 2.36. The lowest BCUT2D eigenvalue weighted by atomic mass is 9.87. The van der Waals surface area contributed by atoms with E-state index in [1.807, 2.05) is 79.7 Å². The number of carbonyl (C=O) groups is 13. The predicted molar refractivity (Wildman–Crippen MR) is 400 cm³/mol. The van der Waals surface area contributed by atoms with Gasteiger partial charge in [0.15, 0.2) is 23.1 Å². The minimum absolute atomic E-state index is 0.0285. The number of fused-ring (bicyclic) bond motifs is 1. The van der Waals surface area contributed by atoms with Crippen molar-refractivity contribution in [2.75, 3.05) is 32.7 Å². The Morgan fingerprint density at radius 3 is 1.21 bits per heavy atom. The van der Waals surface area contributed by atoms with Gasteiger partial charge in [0.1, 0.15) is 18.0 Å². The number of rotatable bonds is 55. The number of carbonyl (C=O) groups excluding carboxylic acids is 12. The van der Waals surface area contributed by atoms with Crippen LogP contribution in [-0.2, 0) is 81.6 Å². The largest absolute Gasteiger partial charge is 0.480 e. The molecular weight excluding hydrogens is 1350 g/mol. The highest BCUT2D eigenvalue weighted by Crippen LogP contribution is 2.26. The standard InChI is InChI=1S/C49H72N10O8.C27H43N5O6/c1-31(60)39(16-8-22-51)57-49(67)35(26-36-30-56-40-15-6-5-13-37(36)40)29-45(63)42(18-10-24-53)59-48(66)34(25-32-11-3-2-4-12-32)28-44(62)41(17-9-23-52)58-47(65)33(19-20-46(55)64)27-43(61)38(54)14-7-21-50;1-2-19(16-18-8-4-3-5-9-18)25(35)31-21(10-6-14-28)23(33)17-20(12-13-24(30)34)26(36)32-22(27(37)38)11-7-15-29/h2-6,11-13,15,21,30,33-35,38-39,41-42,50,56H,7-10,14,16-20,22-29,51-54H2,1H3,(H2,55,64)(H,57,67)(H,58,65)(H,59,66);3-5,8-9,19-22H,2,6-7,10-17,28-29H2,1H3,(H2,30,34)(H,31,35)(H,32,36)(H,37,38)/p+1/t33-,34-,35-,38-,39-,41-,42-;19-,20+,21+,22+/m01/s1. The number of aliphatic carboxylic acids is 1. The van der Waals surface area contributed by atoms with Crippen LogP contribution in [0.1, 0.15) is 165 Å². The quantitative estimate of drug-likeness (QED) is 0.0271. The Kier molecular flexibility index (Phi) is 43.0. The maximum Gasteiger partial charge on any atom is 0.326 e. The van der Waals surface area contributed by atoms with Crippen molar-refractivity contribution in [3.63, 3.8) is 0 Å². The summed E-state index contributed by atoms with van der Waals surface area (Å²) in [6.45, 7) is 4.58. The number of primary amides is 2. The molecule has 3 aromatic carbocycles. The molecule has 4 rings (SSSR count). The van der Waals surface area contributed by atoms with E-state index in [4.69, 9.17) is 51.3 Å². The van der Waals surface area contributed by atoms with Gasteiger partial charge in [0, 0.05) is 91.6 Å². The van der Waals surface area contributed by atoms with Crippen molar-refractivity contribution in [3.05, 3.63) is 108 Å². The smallest absolute Gasteiger partial charge is 0.326 e. The van der Waals surface area contributed by atoms with Gasteiger partial charge in [-0.2, -0.15) is 0 Å². The summed E-state index contributed by atoms with van der Waals surface area (Å²) in [6.07, 6.45) is 6.57. The first kappa shape index (κ1) is 90.0. The van der Waals surface area contributed by atoms with Gasteiger partial charge < -0.3 is 82.5 Å². The molecule has 0 spiro atoms. The second-order valence-electron chi connectivity index (χ2n) is 26.9. The third kappa shape index (κ3) is 34.0. The van der Waals surface area contributed by atoms with Crippen molar-refractivity contribution in [1.29, 1.82) is 0 Å². The predicted octanol–water partition coefficient (Wildman–Crippen LogP) is 0.770. The molecular formula is C76H116N15O14+. The Hall–Kier alpha value is -9.26. The summed E-state index contributed by atoms with van der Waals surface area (Å²) in [4.78, 5) is 174. The summed E-state index contributed by atoms with van der Waals surface area (Å²) >= 11 is 0. The first-order valence-corrected chi connectivity index (χ1v) is 36.6. The average Bonchev–Trinajstić information content (AvgIpc) is 1.72. The van der Waals surface area contributed by atoms with Gasteiger partial charge in [0.05, 0.1) is 30.2 Å². The maximum absolute atomic E-state index is 14.5. The number of Topliss-reactive ketones (excluding diaryl/α,β-unsaturated/α-hetero) is 5. The maximum atomic E-state index is 14.5. The Bertz CT molecular complexity index is 3430. The fourth-order valence-corrected chi connectivity index (χ4v) is 12.2. The summed E-state index contributed by atoms with van der Waals surface area (Å²) in [7, 11) is 0. The summed E-state index contributed by atoms with van der Waals surface area (Å²) in [5, 5.41) is 29.6. The lowest BCUT2D eigenvalue weighted by Gasteiger charge is -2.26. The molecule has 1 heterocycles. The van der Waals surface area contributed by atoms with E-state index in [9.17, 15) is 67.4 Å². The van der Waals surface area contributed by atoms with Crippen molar-refractivity contribution in [2.24, 2.45) is 75.5 Å². The number of nitrogens with two attached hydrogens (primary N) is 9. The number of carboxylic acids is 1. The van der Waals surface area contributed by atoms with Crippen LogP contribution in [0.3, 0.4) is 0 Å². The van der Waals surface area contributed by atoms with Gasteiger partial charge in [0.25, 0.3) is 0 Å². The molecule has 0 aliphatic carbocycles. The number of carboxylic acid groups (broad SMARTS) is 1. The van der Waals surface area contributed by atoms with Crippen LogP contribution in [0.4, 0.5) is 0 Å². The highest BCUT2D eigenvalue weighted by atomic mass is 16.4. The van der Waals surface area contributed by atoms with Crippen LogP contribution in [0.15, 0.2) is 91.1 Å². The van der Waals surface area contributed by atoms with Crippen molar-refractivity contribution in [1.82, 2.24) is 31.6 Å². The number of hydrogen-bond acceptors (Lipinski definition) is 19. The molecule has 11 atom stereocenters. The second-order valence-corrected chi connectivity index (χ2v) is 26.9. The van der Waals surface area contributed by atoms with Crippen molar-refractivity contribution >= 4 is 93.4 Å². The molecule has 0 aliphatic rings. The van der Waals surface area contributed by atoms with Crippen LogP contribution < -0.4 is 77.9 Å². The van der Waals surface area contributed by atoms with Crippen molar-refractivity contribution in [2.45, 2.75) is 204 Å². The van der Waals surface area contributed by atoms with Gasteiger partial charge in [-0.1, -0.05) is 85.8 Å². The molecule has 0 aliphatic heterocycles. The minimum Gasteiger partial charge on any atom is -0.480 e. The Morgan fingerprint density at radius 1 is 0.448 bits per heavy atom. The van der Waals surface area contributed by atoms with Crippen LogP contribution in [0.5, 0.6) is 0 Å². The molecule has 29 nitrogen and oxygen atoms in total. The molecule has 0 unspecified atom stereocenters. The van der Waals surface area contributed by atoms with Gasteiger partial charge in [-0.25, -0.2) is 4.79 Å². The fraction of sp³-hybridized carbons (Fsp3) is 0.553. The van der Waals surface area contributed by atoms with E-state index >= 15 is 0 Å². The Balaban J connectivity index is 0.000000637. The minimum atomic E-state index is -1.22. The molecule has 0 bridgehead atoms. The number of H-pyrrole nitrogens is 1. The van der Waals surface area contributed by atoms with E-state index in [0.717, 1.165) is 27.6 Å². The zero-order valence-electron chi connectivity index (χ0n) is 61.0. The van der Waals surface area contributed by atoms with Gasteiger partial charge >= 0.3 is 5.97 Å². The number of benzene rings is 3. The Morgan fingerprint density at radius 2 is 0.800 bits per heavy atom. The third-order valence-electron chi connectivity index (χ3n) is 18.5. The first-order chi connectivity index (χ1) is 50.2. The molecule has 578 valence electrons. The number of aromatic nitrogens is 1. The summed E-state index contributed by atoms with van der Waals surface area (Å²) < 4.78 is 0. The van der Waals surface area contributed by atoms with Crippen LogP contribution >= 0.6 is 0 Å². The molecule has 25 N–H and O–H groups in total. The van der Waals surface area contributed by atoms with Crippen molar-refractivity contribution < 1.29 is 72.8 Å². The molecule has 0 radical (unpaired) electrons. The fourth-order valence-electron chi connectivity index (χ4n) is 12.2. The molecule has 0 saturated heterocycles. The van der Waals surface area contributed by atoms with Crippen LogP contribution in [0, 0.1) is 29.6 Å². The van der Waals surface area contributed by atoms with Crippen LogP contribution in [0.25, 0.3) is 10.9 Å². The third-order valence-corrected chi connectivity index (χ3v) is 18.5. The monoisotopic (exact) mass is 1460 g/mol. The SMILES string of the molecule is CC(=O)[C@H](CCCN)NC(=O)[C@H](CC(=O)[C@H](CCCN)NC(=O)[C@H](CC(=O)[C@H](CCCN)NC(=O)[C@@H](CCC(N)=O)CC(=O)[C@@H](N)CCC=[NH2+])Cc1ccccc1)Cc1c[nH]c2ccccc12.CC[C@H](Cc1ccccc1)C(=O)N[C@@H](CCCN)C(=O)C[C@H](CCC(N)=O)C(=O)N[C@@H](CCCN)C(=O)O. The number of ketones is 5. The molecule has 1 aromatic heterocycles. The zero-order valence-corrected chi connectivity index (χ0v) is 61.0. The Labute approximate surface area is 615 Å². The van der Waals surface area contributed by atoms with Gasteiger partial charge in [-0.3, -0.25) is 62.9 Å². The van der Waals surface area contributed by atoms with Gasteiger partial charge in [-0.05, 0) is 172 Å². The van der Waals surface area contributed by atoms with E-state index in [0.29, 0.717) is 77.3 Å². The van der Waals surface area contributed by atoms with Gasteiger partial charge in [-0.15, -0.1) is 0 Å². The lowest BCUT2D eigenvalue weighted by Crippen LogP contribution is -2.49. The molecule has 7 amide bonds. The zero-order chi connectivity index (χ0) is 77.8. The number of para-hydroxylation sites is 1. The summed E-state index contributed by atoms with van der Waals surface area (Å²) in [5.74, 6) is -11.5. The van der Waals surface area contributed by atoms with E-state index in [2.05, 4.69) is 31.6 Å². The molecule has 0 saturated carbocycles. The molecule has 0 fully saturated rings. The summed E-state index contributed by atoms with van der Waals surface area (Å²) in [6, 6.07) is 20.2. The molecule has 29 heteroatoms. The number of amides is 7. The van der Waals surface area contributed by atoms with Gasteiger partial charge in [0.2, 0.25) is 41.4 Å². The van der Waals surface area contributed by atoms with Crippen molar-refractivity contribution in [3.8, 4) is 0 Å².